The molecule has 0 spiro atoms. The van der Waals surface area contributed by atoms with E-state index in [0.29, 0.717) is 19.0 Å². The number of hydrogen-bond donors (Lipinski definition) is 1. The molecule has 4 heteroatoms. The maximum atomic E-state index is 11.7. The van der Waals surface area contributed by atoms with Crippen LogP contribution in [0.25, 0.3) is 0 Å². The number of terminal acetylenes is 1. The summed E-state index contributed by atoms with van der Waals surface area (Å²) in [5.74, 6) is 3.19. The van der Waals surface area contributed by atoms with Gasteiger partial charge in [0.1, 0.15) is 0 Å². The fraction of sp³-hybridized carbons (Fsp3) is 0.750. The Bertz CT molecular complexity index is 272. The molecule has 0 aliphatic carbocycles. The highest BCUT2D eigenvalue weighted by Gasteiger charge is 2.22. The molecular weight excluding hydrogens is 202 g/mol. The Morgan fingerprint density at radius 2 is 2.44 bits per heavy atom. The first-order valence-corrected chi connectivity index (χ1v) is 5.70. The first-order chi connectivity index (χ1) is 7.63. The average Bonchev–Trinajstić information content (AvgIpc) is 2.64. The van der Waals surface area contributed by atoms with Crippen molar-refractivity contribution >= 4 is 5.91 Å². The predicted octanol–water partition coefficient (Wildman–Crippen LogP) is -0.381. The lowest BCUT2D eigenvalue weighted by atomic mass is 10.1. The number of carbonyl (C=O) groups excluding carboxylic acids is 1. The van der Waals surface area contributed by atoms with Gasteiger partial charge in [0.2, 0.25) is 5.91 Å². The second-order valence-corrected chi connectivity index (χ2v) is 4.50. The van der Waals surface area contributed by atoms with Crippen LogP contribution in [0.1, 0.15) is 6.42 Å². The van der Waals surface area contributed by atoms with Gasteiger partial charge in [-0.1, -0.05) is 5.92 Å². The topological polar surface area (TPSA) is 35.6 Å². The molecule has 0 radical (unpaired) electrons. The molecule has 4 nitrogen and oxygen atoms in total. The number of rotatable bonds is 5. The van der Waals surface area contributed by atoms with Crippen LogP contribution in [0.3, 0.4) is 0 Å². The van der Waals surface area contributed by atoms with Crippen LogP contribution >= 0.6 is 0 Å². The second-order valence-electron chi connectivity index (χ2n) is 4.50. The lowest BCUT2D eigenvalue weighted by Gasteiger charge is -2.21. The van der Waals surface area contributed by atoms with Crippen molar-refractivity contribution < 1.29 is 4.79 Å². The summed E-state index contributed by atoms with van der Waals surface area (Å²) in [4.78, 5) is 15.8. The first kappa shape index (κ1) is 13.0. The summed E-state index contributed by atoms with van der Waals surface area (Å²) in [5.41, 5.74) is 0. The Morgan fingerprint density at radius 3 is 3.00 bits per heavy atom. The van der Waals surface area contributed by atoms with Crippen LogP contribution in [0.4, 0.5) is 0 Å². The van der Waals surface area contributed by atoms with Gasteiger partial charge in [0, 0.05) is 20.1 Å². The lowest BCUT2D eigenvalue weighted by molar-refractivity contribution is -0.129. The third kappa shape index (κ3) is 4.21. The van der Waals surface area contributed by atoms with Gasteiger partial charge >= 0.3 is 0 Å². The zero-order valence-electron chi connectivity index (χ0n) is 10.2. The van der Waals surface area contributed by atoms with E-state index in [9.17, 15) is 4.79 Å². The van der Waals surface area contributed by atoms with Crippen LogP contribution in [0, 0.1) is 18.3 Å². The molecule has 0 bridgehead atoms. The number of likely N-dealkylation sites (N-methyl/N-ethyl adjacent to an activating group) is 1. The highest BCUT2D eigenvalue weighted by atomic mass is 16.2. The Morgan fingerprint density at radius 1 is 1.69 bits per heavy atom. The van der Waals surface area contributed by atoms with Gasteiger partial charge in [-0.2, -0.15) is 0 Å². The third-order valence-corrected chi connectivity index (χ3v) is 2.95. The minimum absolute atomic E-state index is 0.116. The summed E-state index contributed by atoms with van der Waals surface area (Å²) in [6.45, 7) is 3.87. The Hall–Kier alpha value is -1.05. The van der Waals surface area contributed by atoms with E-state index in [0.717, 1.165) is 19.6 Å². The van der Waals surface area contributed by atoms with Crippen LogP contribution < -0.4 is 5.32 Å². The van der Waals surface area contributed by atoms with Crippen molar-refractivity contribution in [2.45, 2.75) is 6.42 Å². The number of likely N-dealkylation sites (tertiary alicyclic amines) is 1. The van der Waals surface area contributed by atoms with Gasteiger partial charge in [-0.15, -0.1) is 6.42 Å². The minimum atomic E-state index is 0.116. The van der Waals surface area contributed by atoms with E-state index in [-0.39, 0.29) is 5.91 Å². The molecule has 0 aromatic heterocycles. The Balaban J connectivity index is 2.21. The van der Waals surface area contributed by atoms with Crippen molar-refractivity contribution in [2.24, 2.45) is 5.92 Å². The summed E-state index contributed by atoms with van der Waals surface area (Å²) in [6, 6.07) is 0. The largest absolute Gasteiger partial charge is 0.344 e. The number of carbonyl (C=O) groups is 1. The molecule has 1 atom stereocenters. The SMILES string of the molecule is C#CCNCC(=O)N(C)CC1CCN(C)C1. The van der Waals surface area contributed by atoms with Gasteiger partial charge in [0.25, 0.3) is 0 Å². The third-order valence-electron chi connectivity index (χ3n) is 2.95. The summed E-state index contributed by atoms with van der Waals surface area (Å²) in [6.07, 6.45) is 6.28. The Kier molecular flexibility index (Phi) is 5.30. The minimum Gasteiger partial charge on any atom is -0.344 e. The molecule has 1 N–H and O–H groups in total. The molecule has 1 saturated heterocycles. The zero-order chi connectivity index (χ0) is 12.0. The summed E-state index contributed by atoms with van der Waals surface area (Å²) < 4.78 is 0. The van der Waals surface area contributed by atoms with Gasteiger partial charge in [0.05, 0.1) is 13.1 Å². The van der Waals surface area contributed by atoms with Gasteiger partial charge in [-0.3, -0.25) is 10.1 Å². The van der Waals surface area contributed by atoms with Gasteiger partial charge in [-0.05, 0) is 25.9 Å². The monoisotopic (exact) mass is 223 g/mol. The van der Waals surface area contributed by atoms with Crippen molar-refractivity contribution in [3.05, 3.63) is 0 Å². The summed E-state index contributed by atoms with van der Waals surface area (Å²) >= 11 is 0. The van der Waals surface area contributed by atoms with Crippen LogP contribution in [-0.4, -0.2) is 62.5 Å². The molecule has 0 saturated carbocycles. The van der Waals surface area contributed by atoms with E-state index in [2.05, 4.69) is 23.2 Å². The maximum absolute atomic E-state index is 11.7. The zero-order valence-corrected chi connectivity index (χ0v) is 10.2. The molecule has 0 aromatic carbocycles. The van der Waals surface area contributed by atoms with Crippen LogP contribution in [-0.2, 0) is 4.79 Å². The lowest BCUT2D eigenvalue weighted by Crippen LogP contribution is -2.38. The molecule has 1 aliphatic heterocycles. The molecule has 90 valence electrons. The van der Waals surface area contributed by atoms with Gasteiger partial charge in [0.15, 0.2) is 0 Å². The van der Waals surface area contributed by atoms with E-state index in [1.165, 1.54) is 6.42 Å². The molecule has 1 rings (SSSR count). The molecule has 16 heavy (non-hydrogen) atoms. The van der Waals surface area contributed by atoms with E-state index in [1.807, 2.05) is 7.05 Å². The molecule has 1 amide bonds. The van der Waals surface area contributed by atoms with Crippen molar-refractivity contribution in [2.75, 3.05) is 46.8 Å². The van der Waals surface area contributed by atoms with Crippen molar-refractivity contribution in [1.82, 2.24) is 15.1 Å². The van der Waals surface area contributed by atoms with E-state index >= 15 is 0 Å². The number of nitrogens with zero attached hydrogens (tertiary/aromatic N) is 2. The maximum Gasteiger partial charge on any atom is 0.236 e. The number of nitrogens with one attached hydrogen (secondary N) is 1. The van der Waals surface area contributed by atoms with Gasteiger partial charge < -0.3 is 9.80 Å². The second kappa shape index (κ2) is 6.51. The predicted molar refractivity (Wildman–Crippen MR) is 64.9 cm³/mol. The quantitative estimate of drug-likeness (QED) is 0.510. The summed E-state index contributed by atoms with van der Waals surface area (Å²) in [7, 11) is 3.98. The highest BCUT2D eigenvalue weighted by molar-refractivity contribution is 5.78. The van der Waals surface area contributed by atoms with E-state index in [1.54, 1.807) is 4.90 Å². The van der Waals surface area contributed by atoms with Crippen molar-refractivity contribution in [3.63, 3.8) is 0 Å². The van der Waals surface area contributed by atoms with Crippen molar-refractivity contribution in [1.29, 1.82) is 0 Å². The highest BCUT2D eigenvalue weighted by Crippen LogP contribution is 2.14. The molecular formula is C12H21N3O. The van der Waals surface area contributed by atoms with Crippen LogP contribution in [0.2, 0.25) is 0 Å². The fourth-order valence-corrected chi connectivity index (χ4v) is 2.04. The molecule has 1 heterocycles. The van der Waals surface area contributed by atoms with Crippen LogP contribution in [0.15, 0.2) is 0 Å². The van der Waals surface area contributed by atoms with Gasteiger partial charge in [-0.25, -0.2) is 0 Å². The number of hydrogen-bond acceptors (Lipinski definition) is 3. The average molecular weight is 223 g/mol. The molecule has 1 aliphatic rings. The Labute approximate surface area is 98.0 Å². The first-order valence-electron chi connectivity index (χ1n) is 5.70. The van der Waals surface area contributed by atoms with Crippen molar-refractivity contribution in [3.8, 4) is 12.3 Å². The number of amides is 1. The van der Waals surface area contributed by atoms with E-state index < -0.39 is 0 Å². The fourth-order valence-electron chi connectivity index (χ4n) is 2.04. The molecule has 1 fully saturated rings. The van der Waals surface area contributed by atoms with Crippen LogP contribution in [0.5, 0.6) is 0 Å². The standard InChI is InChI=1S/C12H21N3O/c1-4-6-13-8-12(16)15(3)10-11-5-7-14(2)9-11/h1,11,13H,5-10H2,2-3H3. The van der Waals surface area contributed by atoms with E-state index in [4.69, 9.17) is 6.42 Å². The smallest absolute Gasteiger partial charge is 0.236 e. The molecule has 1 unspecified atom stereocenters. The normalized spacial score (nSPS) is 20.7. The molecule has 0 aromatic rings. The summed E-state index contributed by atoms with van der Waals surface area (Å²) in [5, 5.41) is 2.91.